The average Bonchev–Trinajstić information content (AvgIpc) is 2.74. The first-order valence-electron chi connectivity index (χ1n) is 9.86. The molecule has 0 aromatic heterocycles. The SMILES string of the molecule is COc1ccc(S(=O)(=O)N2CCC(C(=O)Nc3ccc(C(C)C)cc3)CC2)cc1. The Morgan fingerprint density at radius 3 is 2.14 bits per heavy atom. The summed E-state index contributed by atoms with van der Waals surface area (Å²) in [6.45, 7) is 4.92. The topological polar surface area (TPSA) is 75.7 Å². The van der Waals surface area contributed by atoms with Gasteiger partial charge in [-0.3, -0.25) is 4.79 Å². The summed E-state index contributed by atoms with van der Waals surface area (Å²) in [5.41, 5.74) is 1.99. The van der Waals surface area contributed by atoms with Crippen LogP contribution in [0.5, 0.6) is 5.75 Å². The summed E-state index contributed by atoms with van der Waals surface area (Å²) < 4.78 is 32.2. The number of hydrogen-bond donors (Lipinski definition) is 1. The zero-order valence-corrected chi connectivity index (χ0v) is 17.9. The van der Waals surface area contributed by atoms with Crippen molar-refractivity contribution in [3.63, 3.8) is 0 Å². The Bertz CT molecular complexity index is 930. The zero-order valence-electron chi connectivity index (χ0n) is 17.1. The van der Waals surface area contributed by atoms with Gasteiger partial charge in [-0.1, -0.05) is 26.0 Å². The molecule has 1 heterocycles. The Morgan fingerprint density at radius 2 is 1.62 bits per heavy atom. The van der Waals surface area contributed by atoms with Crippen molar-refractivity contribution < 1.29 is 17.9 Å². The quantitative estimate of drug-likeness (QED) is 0.776. The van der Waals surface area contributed by atoms with E-state index in [1.807, 2.05) is 24.3 Å². The van der Waals surface area contributed by atoms with E-state index in [-0.39, 0.29) is 16.7 Å². The van der Waals surface area contributed by atoms with Crippen molar-refractivity contribution in [3.8, 4) is 5.75 Å². The van der Waals surface area contributed by atoms with Crippen molar-refractivity contribution in [1.29, 1.82) is 0 Å². The maximum Gasteiger partial charge on any atom is 0.243 e. The Kier molecular flexibility index (Phi) is 6.59. The lowest BCUT2D eigenvalue weighted by Gasteiger charge is -2.30. The first-order chi connectivity index (χ1) is 13.8. The van der Waals surface area contributed by atoms with Crippen molar-refractivity contribution in [1.82, 2.24) is 4.31 Å². The Balaban J connectivity index is 1.58. The van der Waals surface area contributed by atoms with Gasteiger partial charge in [0.05, 0.1) is 12.0 Å². The third-order valence-corrected chi connectivity index (χ3v) is 7.28. The van der Waals surface area contributed by atoms with Gasteiger partial charge < -0.3 is 10.1 Å². The number of amides is 1. The largest absolute Gasteiger partial charge is 0.497 e. The van der Waals surface area contributed by atoms with E-state index in [0.717, 1.165) is 5.69 Å². The predicted octanol–water partition coefficient (Wildman–Crippen LogP) is 3.86. The van der Waals surface area contributed by atoms with Gasteiger partial charge in [0.2, 0.25) is 15.9 Å². The summed E-state index contributed by atoms with van der Waals surface area (Å²) in [7, 11) is -2.02. The van der Waals surface area contributed by atoms with E-state index in [9.17, 15) is 13.2 Å². The maximum absolute atomic E-state index is 12.8. The van der Waals surface area contributed by atoms with Gasteiger partial charge in [0.25, 0.3) is 0 Å². The van der Waals surface area contributed by atoms with Crippen LogP contribution in [0.25, 0.3) is 0 Å². The molecule has 29 heavy (non-hydrogen) atoms. The summed E-state index contributed by atoms with van der Waals surface area (Å²) in [5, 5.41) is 2.95. The van der Waals surface area contributed by atoms with Crippen LogP contribution in [0.4, 0.5) is 5.69 Å². The highest BCUT2D eigenvalue weighted by atomic mass is 32.2. The van der Waals surface area contributed by atoms with Crippen LogP contribution in [0.3, 0.4) is 0 Å². The average molecular weight is 417 g/mol. The molecule has 1 aliphatic rings. The summed E-state index contributed by atoms with van der Waals surface area (Å²) in [5.74, 6) is 0.809. The van der Waals surface area contributed by atoms with Gasteiger partial charge in [0, 0.05) is 24.7 Å². The fourth-order valence-corrected chi connectivity index (χ4v) is 4.92. The van der Waals surface area contributed by atoms with Crippen molar-refractivity contribution >= 4 is 21.6 Å². The first kappa shape index (κ1) is 21.3. The van der Waals surface area contributed by atoms with Gasteiger partial charge in [-0.15, -0.1) is 0 Å². The molecule has 1 saturated heterocycles. The van der Waals surface area contributed by atoms with Gasteiger partial charge in [0.1, 0.15) is 5.75 Å². The van der Waals surface area contributed by atoms with Crippen molar-refractivity contribution in [2.45, 2.75) is 37.5 Å². The molecule has 0 aliphatic carbocycles. The van der Waals surface area contributed by atoms with Crippen molar-refractivity contribution in [2.24, 2.45) is 5.92 Å². The molecule has 0 saturated carbocycles. The number of nitrogens with one attached hydrogen (secondary N) is 1. The predicted molar refractivity (Wildman–Crippen MR) is 114 cm³/mol. The maximum atomic E-state index is 12.8. The Hall–Kier alpha value is -2.38. The second kappa shape index (κ2) is 8.97. The Morgan fingerprint density at radius 1 is 1.03 bits per heavy atom. The number of sulfonamides is 1. The molecular formula is C22H28N2O4S. The van der Waals surface area contributed by atoms with E-state index in [4.69, 9.17) is 4.74 Å². The molecule has 2 aromatic rings. The fourth-order valence-electron chi connectivity index (χ4n) is 3.45. The van der Waals surface area contributed by atoms with Crippen LogP contribution in [0, 0.1) is 5.92 Å². The number of benzene rings is 2. The minimum Gasteiger partial charge on any atom is -0.497 e. The van der Waals surface area contributed by atoms with E-state index in [0.29, 0.717) is 37.6 Å². The second-order valence-electron chi connectivity index (χ2n) is 7.62. The lowest BCUT2D eigenvalue weighted by Crippen LogP contribution is -2.41. The van der Waals surface area contributed by atoms with Crippen LogP contribution >= 0.6 is 0 Å². The summed E-state index contributed by atoms with van der Waals surface area (Å²) >= 11 is 0. The van der Waals surface area contributed by atoms with E-state index in [1.54, 1.807) is 24.3 Å². The van der Waals surface area contributed by atoms with Crippen LogP contribution in [-0.4, -0.2) is 38.8 Å². The molecule has 0 radical (unpaired) electrons. The van der Waals surface area contributed by atoms with E-state index in [2.05, 4.69) is 19.2 Å². The van der Waals surface area contributed by atoms with Crippen LogP contribution in [0.2, 0.25) is 0 Å². The molecule has 0 spiro atoms. The van der Waals surface area contributed by atoms with Crippen molar-refractivity contribution in [2.75, 3.05) is 25.5 Å². The lowest BCUT2D eigenvalue weighted by atomic mass is 9.97. The minimum absolute atomic E-state index is 0.0520. The van der Waals surface area contributed by atoms with Gasteiger partial charge in [0.15, 0.2) is 0 Å². The number of methoxy groups -OCH3 is 1. The molecule has 1 fully saturated rings. The third kappa shape index (κ3) is 4.97. The first-order valence-corrected chi connectivity index (χ1v) is 11.3. The van der Waals surface area contributed by atoms with Crippen LogP contribution < -0.4 is 10.1 Å². The highest BCUT2D eigenvalue weighted by Crippen LogP contribution is 2.26. The summed E-state index contributed by atoms with van der Waals surface area (Å²) in [6, 6.07) is 14.2. The van der Waals surface area contributed by atoms with Gasteiger partial charge in [-0.25, -0.2) is 8.42 Å². The highest BCUT2D eigenvalue weighted by molar-refractivity contribution is 7.89. The van der Waals surface area contributed by atoms with E-state index < -0.39 is 10.0 Å². The Labute approximate surface area is 172 Å². The van der Waals surface area contributed by atoms with Gasteiger partial charge in [-0.2, -0.15) is 4.31 Å². The number of nitrogens with zero attached hydrogens (tertiary/aromatic N) is 1. The smallest absolute Gasteiger partial charge is 0.243 e. The molecule has 1 amide bonds. The number of rotatable bonds is 6. The molecule has 0 atom stereocenters. The molecule has 7 heteroatoms. The van der Waals surface area contributed by atoms with Gasteiger partial charge >= 0.3 is 0 Å². The van der Waals surface area contributed by atoms with E-state index in [1.165, 1.54) is 17.0 Å². The number of carbonyl (C=O) groups excluding carboxylic acids is 1. The molecular weight excluding hydrogens is 388 g/mol. The molecule has 1 aliphatic heterocycles. The highest BCUT2D eigenvalue weighted by Gasteiger charge is 2.32. The van der Waals surface area contributed by atoms with Crippen LogP contribution in [0.1, 0.15) is 38.2 Å². The molecule has 156 valence electrons. The van der Waals surface area contributed by atoms with Crippen LogP contribution in [0.15, 0.2) is 53.4 Å². The molecule has 0 bridgehead atoms. The molecule has 1 N–H and O–H groups in total. The number of carbonyl (C=O) groups is 1. The van der Waals surface area contributed by atoms with Crippen molar-refractivity contribution in [3.05, 3.63) is 54.1 Å². The lowest BCUT2D eigenvalue weighted by molar-refractivity contribution is -0.120. The fraction of sp³-hybridized carbons (Fsp3) is 0.409. The number of hydrogen-bond acceptors (Lipinski definition) is 4. The normalized spacial score (nSPS) is 16.0. The van der Waals surface area contributed by atoms with Crippen LogP contribution in [-0.2, 0) is 14.8 Å². The summed E-state index contributed by atoms with van der Waals surface area (Å²) in [6.07, 6.45) is 1.01. The molecule has 2 aromatic carbocycles. The number of anilines is 1. The zero-order chi connectivity index (χ0) is 21.0. The number of ether oxygens (including phenoxy) is 1. The second-order valence-corrected chi connectivity index (χ2v) is 9.56. The molecule has 3 rings (SSSR count). The summed E-state index contributed by atoms with van der Waals surface area (Å²) in [4.78, 5) is 12.8. The van der Waals surface area contributed by atoms with Gasteiger partial charge in [-0.05, 0) is 60.7 Å². The van der Waals surface area contributed by atoms with E-state index >= 15 is 0 Å². The number of piperidine rings is 1. The minimum atomic E-state index is -3.56. The molecule has 0 unspecified atom stereocenters. The molecule has 6 nitrogen and oxygen atoms in total. The standard InChI is InChI=1S/C22H28N2O4S/c1-16(2)17-4-6-19(7-5-17)23-22(25)18-12-14-24(15-13-18)29(26,27)21-10-8-20(28-3)9-11-21/h4-11,16,18H,12-15H2,1-3H3,(H,23,25). The third-order valence-electron chi connectivity index (χ3n) is 5.37. The monoisotopic (exact) mass is 416 g/mol.